The predicted octanol–water partition coefficient (Wildman–Crippen LogP) is 1.94. The molecule has 7 heteroatoms. The first-order valence-corrected chi connectivity index (χ1v) is 11.2. The summed E-state index contributed by atoms with van der Waals surface area (Å²) < 4.78 is 27.8. The van der Waals surface area contributed by atoms with Crippen LogP contribution in [0.4, 0.5) is 0 Å². The van der Waals surface area contributed by atoms with Crippen molar-refractivity contribution in [3.05, 3.63) is 54.6 Å². The standard InChI is InChI=1S/C21H25N3O3S/c25-21-15-22-12-14-24(21)19-7-4-13-23(16-19)28(26,27)20-10-8-18(9-11-20)17-5-2-1-3-6-17/h1-3,5-6,8-11,19,22H,4,7,12-16H2. The fourth-order valence-corrected chi connectivity index (χ4v) is 5.52. The Kier molecular flexibility index (Phi) is 5.48. The summed E-state index contributed by atoms with van der Waals surface area (Å²) >= 11 is 0. The van der Waals surface area contributed by atoms with Crippen LogP contribution >= 0.6 is 0 Å². The van der Waals surface area contributed by atoms with Crippen LogP contribution in [-0.2, 0) is 14.8 Å². The van der Waals surface area contributed by atoms with Crippen LogP contribution in [0.25, 0.3) is 11.1 Å². The van der Waals surface area contributed by atoms with Crippen molar-refractivity contribution in [2.24, 2.45) is 0 Å². The zero-order valence-electron chi connectivity index (χ0n) is 15.8. The number of piperidine rings is 1. The van der Waals surface area contributed by atoms with Crippen molar-refractivity contribution in [1.82, 2.24) is 14.5 Å². The van der Waals surface area contributed by atoms with Gasteiger partial charge in [-0.1, -0.05) is 42.5 Å². The minimum Gasteiger partial charge on any atom is -0.336 e. The molecule has 2 aromatic rings. The lowest BCUT2D eigenvalue weighted by Crippen LogP contribution is -2.57. The van der Waals surface area contributed by atoms with E-state index in [9.17, 15) is 13.2 Å². The normalized spacial score (nSPS) is 21.6. The minimum atomic E-state index is -3.57. The van der Waals surface area contributed by atoms with Gasteiger partial charge in [0.1, 0.15) is 0 Å². The van der Waals surface area contributed by atoms with Gasteiger partial charge in [0.05, 0.1) is 11.4 Å². The Balaban J connectivity index is 1.52. The second kappa shape index (κ2) is 8.03. The molecule has 0 saturated carbocycles. The Labute approximate surface area is 166 Å². The van der Waals surface area contributed by atoms with Gasteiger partial charge in [0.15, 0.2) is 0 Å². The number of nitrogens with zero attached hydrogens (tertiary/aromatic N) is 2. The number of amides is 1. The van der Waals surface area contributed by atoms with Crippen LogP contribution < -0.4 is 5.32 Å². The Hall–Kier alpha value is -2.22. The van der Waals surface area contributed by atoms with Crippen LogP contribution in [0.15, 0.2) is 59.5 Å². The molecule has 0 bridgehead atoms. The van der Waals surface area contributed by atoms with E-state index in [-0.39, 0.29) is 11.9 Å². The molecule has 1 atom stereocenters. The first-order chi connectivity index (χ1) is 13.6. The first kappa shape index (κ1) is 19.1. The van der Waals surface area contributed by atoms with E-state index in [4.69, 9.17) is 0 Å². The second-order valence-electron chi connectivity index (χ2n) is 7.31. The Bertz CT molecular complexity index is 929. The van der Waals surface area contributed by atoms with Gasteiger partial charge < -0.3 is 10.2 Å². The molecule has 2 fully saturated rings. The molecule has 0 aromatic heterocycles. The van der Waals surface area contributed by atoms with E-state index in [1.807, 2.05) is 47.4 Å². The van der Waals surface area contributed by atoms with Gasteiger partial charge in [-0.15, -0.1) is 0 Å². The molecular formula is C21H25N3O3S. The van der Waals surface area contributed by atoms with Gasteiger partial charge in [0.25, 0.3) is 0 Å². The topological polar surface area (TPSA) is 69.7 Å². The maximum absolute atomic E-state index is 13.2. The van der Waals surface area contributed by atoms with Gasteiger partial charge in [0.2, 0.25) is 15.9 Å². The van der Waals surface area contributed by atoms with Crippen LogP contribution in [0.3, 0.4) is 0 Å². The minimum absolute atomic E-state index is 0.0401. The van der Waals surface area contributed by atoms with E-state index in [1.165, 1.54) is 4.31 Å². The number of benzene rings is 2. The molecular weight excluding hydrogens is 374 g/mol. The monoisotopic (exact) mass is 399 g/mol. The summed E-state index contributed by atoms with van der Waals surface area (Å²) in [4.78, 5) is 14.3. The number of carbonyl (C=O) groups is 1. The summed E-state index contributed by atoms with van der Waals surface area (Å²) in [6.45, 7) is 2.61. The molecule has 1 unspecified atom stereocenters. The van der Waals surface area contributed by atoms with Gasteiger partial charge >= 0.3 is 0 Å². The number of piperazine rings is 1. The quantitative estimate of drug-likeness (QED) is 0.853. The fraction of sp³-hybridized carbons (Fsp3) is 0.381. The summed E-state index contributed by atoms with van der Waals surface area (Å²) in [6, 6.07) is 16.9. The molecule has 2 aliphatic rings. The van der Waals surface area contributed by atoms with Crippen molar-refractivity contribution in [3.63, 3.8) is 0 Å². The fourth-order valence-electron chi connectivity index (χ4n) is 4.00. The Morgan fingerprint density at radius 2 is 1.64 bits per heavy atom. The SMILES string of the molecule is O=C1CNCCN1C1CCCN(S(=O)(=O)c2ccc(-c3ccccc3)cc2)C1. The average Bonchev–Trinajstić information content (AvgIpc) is 2.75. The van der Waals surface area contributed by atoms with Crippen LogP contribution in [0, 0.1) is 0 Å². The number of rotatable bonds is 4. The van der Waals surface area contributed by atoms with Crippen molar-refractivity contribution in [2.75, 3.05) is 32.7 Å². The number of hydrogen-bond donors (Lipinski definition) is 1. The van der Waals surface area contributed by atoms with E-state index < -0.39 is 10.0 Å². The van der Waals surface area contributed by atoms with Crippen molar-refractivity contribution in [1.29, 1.82) is 0 Å². The third kappa shape index (κ3) is 3.83. The summed E-state index contributed by atoms with van der Waals surface area (Å²) in [7, 11) is -3.57. The zero-order chi connectivity index (χ0) is 19.6. The molecule has 28 heavy (non-hydrogen) atoms. The van der Waals surface area contributed by atoms with E-state index in [2.05, 4.69) is 5.32 Å². The van der Waals surface area contributed by atoms with Crippen molar-refractivity contribution >= 4 is 15.9 Å². The highest BCUT2D eigenvalue weighted by atomic mass is 32.2. The van der Waals surface area contributed by atoms with E-state index in [0.29, 0.717) is 31.1 Å². The van der Waals surface area contributed by atoms with Gasteiger partial charge in [-0.25, -0.2) is 8.42 Å². The lowest BCUT2D eigenvalue weighted by Gasteiger charge is -2.40. The molecule has 4 rings (SSSR count). The largest absolute Gasteiger partial charge is 0.336 e. The van der Waals surface area contributed by atoms with E-state index in [1.54, 1.807) is 12.1 Å². The van der Waals surface area contributed by atoms with Crippen LogP contribution in [-0.4, -0.2) is 62.3 Å². The number of sulfonamides is 1. The van der Waals surface area contributed by atoms with Crippen molar-refractivity contribution < 1.29 is 13.2 Å². The Morgan fingerprint density at radius 3 is 2.36 bits per heavy atom. The maximum Gasteiger partial charge on any atom is 0.243 e. The molecule has 0 radical (unpaired) electrons. The number of carbonyl (C=O) groups excluding carboxylic acids is 1. The lowest BCUT2D eigenvalue weighted by molar-refractivity contribution is -0.135. The maximum atomic E-state index is 13.2. The van der Waals surface area contributed by atoms with Gasteiger partial charge in [-0.2, -0.15) is 4.31 Å². The third-order valence-electron chi connectivity index (χ3n) is 5.53. The van der Waals surface area contributed by atoms with Crippen LogP contribution in [0.5, 0.6) is 0 Å². The molecule has 2 heterocycles. The molecule has 0 aliphatic carbocycles. The molecule has 1 amide bonds. The number of hydrogen-bond acceptors (Lipinski definition) is 4. The second-order valence-corrected chi connectivity index (χ2v) is 9.25. The molecule has 2 aliphatic heterocycles. The van der Waals surface area contributed by atoms with Gasteiger partial charge in [-0.05, 0) is 36.1 Å². The van der Waals surface area contributed by atoms with E-state index in [0.717, 1.165) is 30.5 Å². The van der Waals surface area contributed by atoms with Gasteiger partial charge in [0, 0.05) is 32.2 Å². The Morgan fingerprint density at radius 1 is 0.929 bits per heavy atom. The van der Waals surface area contributed by atoms with Crippen LogP contribution in [0.2, 0.25) is 0 Å². The summed E-state index contributed by atoms with van der Waals surface area (Å²) in [5.41, 5.74) is 2.05. The van der Waals surface area contributed by atoms with Gasteiger partial charge in [-0.3, -0.25) is 4.79 Å². The number of nitrogens with one attached hydrogen (secondary N) is 1. The molecule has 2 saturated heterocycles. The van der Waals surface area contributed by atoms with E-state index >= 15 is 0 Å². The first-order valence-electron chi connectivity index (χ1n) is 9.71. The molecule has 0 spiro atoms. The highest BCUT2D eigenvalue weighted by Crippen LogP contribution is 2.26. The molecule has 1 N–H and O–H groups in total. The highest BCUT2D eigenvalue weighted by molar-refractivity contribution is 7.89. The molecule has 6 nitrogen and oxygen atoms in total. The molecule has 2 aromatic carbocycles. The molecule has 148 valence electrons. The van der Waals surface area contributed by atoms with Crippen LogP contribution in [0.1, 0.15) is 12.8 Å². The smallest absolute Gasteiger partial charge is 0.243 e. The third-order valence-corrected chi connectivity index (χ3v) is 7.40. The van der Waals surface area contributed by atoms with Crippen molar-refractivity contribution in [3.8, 4) is 11.1 Å². The average molecular weight is 400 g/mol. The summed E-state index contributed by atoms with van der Waals surface area (Å²) in [6.07, 6.45) is 1.62. The van der Waals surface area contributed by atoms with Crippen molar-refractivity contribution in [2.45, 2.75) is 23.8 Å². The zero-order valence-corrected chi connectivity index (χ0v) is 16.6. The highest BCUT2D eigenvalue weighted by Gasteiger charge is 2.35. The predicted molar refractivity (Wildman–Crippen MR) is 108 cm³/mol. The lowest BCUT2D eigenvalue weighted by atomic mass is 10.1. The summed E-state index contributed by atoms with van der Waals surface area (Å²) in [5.74, 6) is 0.0581. The summed E-state index contributed by atoms with van der Waals surface area (Å²) in [5, 5.41) is 3.07.